The first-order valence-electron chi connectivity index (χ1n) is 8.65. The quantitative estimate of drug-likeness (QED) is 0.803. The average molecular weight is 343 g/mol. The zero-order valence-electron chi connectivity index (χ0n) is 15.2. The summed E-state index contributed by atoms with van der Waals surface area (Å²) in [5.41, 5.74) is 1.50. The van der Waals surface area contributed by atoms with Gasteiger partial charge in [-0.3, -0.25) is 4.57 Å². The summed E-state index contributed by atoms with van der Waals surface area (Å²) in [7, 11) is 0. The summed E-state index contributed by atoms with van der Waals surface area (Å²) in [5.74, 6) is 0.236. The summed E-state index contributed by atoms with van der Waals surface area (Å²) in [5, 5.41) is 1.01. The van der Waals surface area contributed by atoms with Gasteiger partial charge in [-0.15, -0.1) is 0 Å². The Kier molecular flexibility index (Phi) is 4.86. The molecule has 1 aromatic carbocycles. The molecule has 134 valence electrons. The van der Waals surface area contributed by atoms with E-state index in [0.717, 1.165) is 17.3 Å². The second kappa shape index (κ2) is 6.92. The maximum absolute atomic E-state index is 12.3. The second-order valence-electron chi connectivity index (χ2n) is 7.18. The number of ether oxygens (including phenoxy) is 3. The van der Waals surface area contributed by atoms with Gasteiger partial charge in [-0.2, -0.15) is 0 Å². The molecule has 25 heavy (non-hydrogen) atoms. The fraction of sp³-hybridized carbons (Fsp3) is 0.450. The molecule has 1 aliphatic rings. The van der Waals surface area contributed by atoms with Crippen molar-refractivity contribution in [1.82, 2.24) is 4.57 Å². The molecule has 3 rings (SSSR count). The van der Waals surface area contributed by atoms with Gasteiger partial charge in [0.25, 0.3) is 0 Å². The van der Waals surface area contributed by atoms with Gasteiger partial charge in [0.15, 0.2) is 6.29 Å². The normalized spacial score (nSPS) is 20.5. The minimum absolute atomic E-state index is 0.206. The van der Waals surface area contributed by atoms with Crippen LogP contribution in [0.5, 0.6) is 0 Å². The maximum Gasteiger partial charge on any atom is 0.418 e. The van der Waals surface area contributed by atoms with Crippen molar-refractivity contribution < 1.29 is 19.0 Å². The SMILES string of the molecule is CCO[C@H]1C[C@@H](c2ccc3c(ccn3C(=O)OC(C)(C)C)c2)C=CO1. The zero-order chi connectivity index (χ0) is 18.0. The van der Waals surface area contributed by atoms with Crippen LogP contribution in [0, 0.1) is 0 Å². The van der Waals surface area contributed by atoms with Crippen molar-refractivity contribution >= 4 is 17.0 Å². The van der Waals surface area contributed by atoms with Crippen LogP contribution in [0.1, 0.15) is 45.6 Å². The van der Waals surface area contributed by atoms with Crippen molar-refractivity contribution in [3.05, 3.63) is 48.4 Å². The number of rotatable bonds is 3. The molecule has 5 nitrogen and oxygen atoms in total. The molecule has 1 aromatic heterocycles. The van der Waals surface area contributed by atoms with Crippen LogP contribution in [0.25, 0.3) is 10.9 Å². The maximum atomic E-state index is 12.3. The van der Waals surface area contributed by atoms with Crippen molar-refractivity contribution in [2.24, 2.45) is 0 Å². The third kappa shape index (κ3) is 4.04. The van der Waals surface area contributed by atoms with Crippen LogP contribution < -0.4 is 0 Å². The van der Waals surface area contributed by atoms with Crippen LogP contribution in [-0.4, -0.2) is 29.2 Å². The van der Waals surface area contributed by atoms with Crippen molar-refractivity contribution in [1.29, 1.82) is 0 Å². The monoisotopic (exact) mass is 343 g/mol. The minimum Gasteiger partial charge on any atom is -0.473 e. The number of fused-ring (bicyclic) bond motifs is 1. The first kappa shape index (κ1) is 17.5. The highest BCUT2D eigenvalue weighted by atomic mass is 16.7. The summed E-state index contributed by atoms with van der Waals surface area (Å²) >= 11 is 0. The zero-order valence-corrected chi connectivity index (χ0v) is 15.2. The van der Waals surface area contributed by atoms with E-state index in [4.69, 9.17) is 14.2 Å². The first-order valence-corrected chi connectivity index (χ1v) is 8.65. The Morgan fingerprint density at radius 3 is 2.84 bits per heavy atom. The van der Waals surface area contributed by atoms with Gasteiger partial charge in [0.05, 0.1) is 11.8 Å². The van der Waals surface area contributed by atoms with Crippen LogP contribution >= 0.6 is 0 Å². The van der Waals surface area contributed by atoms with Gasteiger partial charge in [0, 0.05) is 30.5 Å². The molecule has 0 N–H and O–H groups in total. The number of benzene rings is 1. The fourth-order valence-corrected chi connectivity index (χ4v) is 2.97. The molecule has 0 fully saturated rings. The highest BCUT2D eigenvalue weighted by molar-refractivity contribution is 5.90. The van der Waals surface area contributed by atoms with Gasteiger partial charge < -0.3 is 14.2 Å². The Bertz CT molecular complexity index is 785. The molecule has 0 bridgehead atoms. The Morgan fingerprint density at radius 2 is 2.12 bits per heavy atom. The van der Waals surface area contributed by atoms with E-state index < -0.39 is 5.60 Å². The summed E-state index contributed by atoms with van der Waals surface area (Å²) in [6.07, 6.45) is 5.72. The molecule has 0 unspecified atom stereocenters. The number of aromatic nitrogens is 1. The second-order valence-corrected chi connectivity index (χ2v) is 7.18. The topological polar surface area (TPSA) is 49.7 Å². The van der Waals surface area contributed by atoms with E-state index in [2.05, 4.69) is 6.07 Å². The van der Waals surface area contributed by atoms with E-state index in [9.17, 15) is 4.79 Å². The molecule has 2 aromatic rings. The lowest BCUT2D eigenvalue weighted by Crippen LogP contribution is -2.26. The van der Waals surface area contributed by atoms with Crippen LogP contribution in [-0.2, 0) is 14.2 Å². The summed E-state index contributed by atoms with van der Waals surface area (Å²) in [4.78, 5) is 12.3. The highest BCUT2D eigenvalue weighted by Crippen LogP contribution is 2.30. The number of hydrogen-bond donors (Lipinski definition) is 0. The smallest absolute Gasteiger partial charge is 0.418 e. The Balaban J connectivity index is 1.83. The van der Waals surface area contributed by atoms with Crippen molar-refractivity contribution in [3.8, 4) is 0 Å². The molecule has 1 aliphatic heterocycles. The highest BCUT2D eigenvalue weighted by Gasteiger charge is 2.22. The predicted molar refractivity (Wildman–Crippen MR) is 96.6 cm³/mol. The van der Waals surface area contributed by atoms with Crippen LogP contribution in [0.2, 0.25) is 0 Å². The predicted octanol–water partition coefficient (Wildman–Crippen LogP) is 4.80. The molecule has 0 aliphatic carbocycles. The Morgan fingerprint density at radius 1 is 1.32 bits per heavy atom. The number of nitrogens with zero attached hydrogens (tertiary/aromatic N) is 1. The molecule has 0 saturated heterocycles. The van der Waals surface area contributed by atoms with Crippen molar-refractivity contribution in [3.63, 3.8) is 0 Å². The van der Waals surface area contributed by atoms with Crippen molar-refractivity contribution in [2.75, 3.05) is 6.61 Å². The molecule has 0 amide bonds. The first-order chi connectivity index (χ1) is 11.9. The van der Waals surface area contributed by atoms with E-state index >= 15 is 0 Å². The standard InChI is InChI=1S/C20H25NO4/c1-5-23-18-13-15(9-11-24-18)14-6-7-17-16(12-14)8-10-21(17)19(22)25-20(2,3)4/h6-12,15,18H,5,13H2,1-4H3/t15-,18+/m0/s1. The largest absolute Gasteiger partial charge is 0.473 e. The third-order valence-corrected chi connectivity index (χ3v) is 4.07. The molecule has 5 heteroatoms. The lowest BCUT2D eigenvalue weighted by molar-refractivity contribution is -0.114. The number of carbonyl (C=O) groups excluding carboxylic acids is 1. The van der Waals surface area contributed by atoms with Gasteiger partial charge >= 0.3 is 6.09 Å². The summed E-state index contributed by atoms with van der Waals surface area (Å²) < 4.78 is 18.0. The molecule has 2 heterocycles. The molecule has 0 saturated carbocycles. The lowest BCUT2D eigenvalue weighted by atomic mass is 9.93. The fourth-order valence-electron chi connectivity index (χ4n) is 2.97. The average Bonchev–Trinajstić information content (AvgIpc) is 2.97. The number of allylic oxidation sites excluding steroid dienone is 1. The summed E-state index contributed by atoms with van der Waals surface area (Å²) in [6, 6.07) is 8.06. The molecule has 0 radical (unpaired) electrons. The minimum atomic E-state index is -0.519. The van der Waals surface area contributed by atoms with Crippen LogP contribution in [0.4, 0.5) is 4.79 Å². The number of carbonyl (C=O) groups is 1. The Labute approximate surface area is 148 Å². The molecule has 0 spiro atoms. The molecule has 2 atom stereocenters. The van der Waals surface area contributed by atoms with E-state index in [1.165, 1.54) is 5.56 Å². The van der Waals surface area contributed by atoms with E-state index in [1.54, 1.807) is 17.0 Å². The van der Waals surface area contributed by atoms with Crippen LogP contribution in [0.15, 0.2) is 42.8 Å². The van der Waals surface area contributed by atoms with E-state index in [1.807, 2.05) is 52.0 Å². The Hall–Kier alpha value is -2.27. The van der Waals surface area contributed by atoms with E-state index in [-0.39, 0.29) is 18.3 Å². The van der Waals surface area contributed by atoms with Crippen LogP contribution in [0.3, 0.4) is 0 Å². The van der Waals surface area contributed by atoms with E-state index in [0.29, 0.717) is 6.61 Å². The summed E-state index contributed by atoms with van der Waals surface area (Å²) in [6.45, 7) is 8.17. The molecular weight excluding hydrogens is 318 g/mol. The lowest BCUT2D eigenvalue weighted by Gasteiger charge is -2.25. The van der Waals surface area contributed by atoms with Gasteiger partial charge in [0.2, 0.25) is 0 Å². The van der Waals surface area contributed by atoms with Gasteiger partial charge in [-0.1, -0.05) is 6.07 Å². The van der Waals surface area contributed by atoms with Crippen molar-refractivity contribution in [2.45, 2.75) is 51.9 Å². The molecular formula is C20H25NO4. The van der Waals surface area contributed by atoms with Gasteiger partial charge in [0.1, 0.15) is 5.60 Å². The van der Waals surface area contributed by atoms with Gasteiger partial charge in [-0.25, -0.2) is 4.79 Å². The number of hydrogen-bond acceptors (Lipinski definition) is 4. The third-order valence-electron chi connectivity index (χ3n) is 4.07. The van der Waals surface area contributed by atoms with Gasteiger partial charge in [-0.05, 0) is 57.5 Å².